The zero-order chi connectivity index (χ0) is 56.1. The number of aromatic nitrogens is 2. The normalized spacial score (nSPS) is 13.0. The maximum atomic E-state index is 2.61. The van der Waals surface area contributed by atoms with Gasteiger partial charge in [-0.1, -0.05) is 170 Å². The number of hydrogen-bond acceptors (Lipinski definition) is 4. The van der Waals surface area contributed by atoms with Gasteiger partial charge in [-0.3, -0.25) is 0 Å². The quantitative estimate of drug-likeness (QED) is 0.141. The van der Waals surface area contributed by atoms with Crippen molar-refractivity contribution in [2.75, 3.05) is 19.6 Å². The van der Waals surface area contributed by atoms with E-state index in [1.54, 1.807) is 0 Å². The minimum Gasteiger partial charge on any atom is -0.311 e. The summed E-state index contributed by atoms with van der Waals surface area (Å²) >= 11 is 0. The van der Waals surface area contributed by atoms with Gasteiger partial charge in [0.15, 0.2) is 0 Å². The van der Waals surface area contributed by atoms with E-state index in [0.717, 1.165) is 45.5 Å². The van der Waals surface area contributed by atoms with Crippen LogP contribution in [-0.4, -0.2) is 22.6 Å². The first kappa shape index (κ1) is 47.3. The molecule has 0 radical (unpaired) electrons. The molecule has 0 unspecified atom stereocenters. The molecule has 19 rings (SSSR count). The lowest BCUT2D eigenvalue weighted by Crippen LogP contribution is -2.60. The van der Waals surface area contributed by atoms with E-state index in [1.807, 2.05) is 0 Å². The fraction of sp³-hybridized carbons (Fsp3) is 0. The first-order valence-electron chi connectivity index (χ1n) is 29.8. The second kappa shape index (κ2) is 18.1. The number of anilines is 12. The minimum absolute atomic E-state index is 0.0103. The highest BCUT2D eigenvalue weighted by atomic mass is 15.2. The summed E-state index contributed by atoms with van der Waals surface area (Å²) in [6, 6.07) is 112. The zero-order valence-corrected chi connectivity index (χ0v) is 46.7. The van der Waals surface area contributed by atoms with Crippen LogP contribution in [0.25, 0.3) is 55.0 Å². The molecule has 0 saturated heterocycles. The fourth-order valence-electron chi connectivity index (χ4n) is 15.4. The van der Waals surface area contributed by atoms with Crippen molar-refractivity contribution in [3.63, 3.8) is 0 Å². The van der Waals surface area contributed by atoms with Gasteiger partial charge >= 0.3 is 0 Å². The molecule has 0 amide bonds. The Labute approximate surface area is 498 Å². The van der Waals surface area contributed by atoms with Crippen molar-refractivity contribution in [3.8, 4) is 11.4 Å². The predicted molar refractivity (Wildman–Crippen MR) is 363 cm³/mol. The maximum Gasteiger partial charge on any atom is 0.252 e. The number of benzene rings is 13. The Morgan fingerprint density at radius 2 is 0.581 bits per heavy atom. The fourth-order valence-corrected chi connectivity index (χ4v) is 15.4. The zero-order valence-electron chi connectivity index (χ0n) is 46.7. The highest BCUT2D eigenvalue weighted by Crippen LogP contribution is 2.48. The first-order valence-corrected chi connectivity index (χ1v) is 29.8. The standard InChI is InChI=1S/C78H50B2N6/c1-7-23-51(24-8-1)81(52-25-9-2-10-26-52)57-43-45-63-73(47-57)83(55-31-15-5-16-32-55)67-39-21-41-69-75(67)79(63)65-37-19-35-59-61-49-62-60-36-20-38-66-78(60)86(72(62)50-71(61)85(69)77(59)65)70-42-22-40-68-76(70)80(66)64-46-44-58(48-74(64)84(68)56-33-17-6-18-34-56)82(53-27-11-3-12-28-53)54-29-13-4-14-30-54/h1-50H. The molecule has 0 bridgehead atoms. The lowest BCUT2D eigenvalue weighted by Gasteiger charge is -2.41. The maximum absolute atomic E-state index is 2.61. The summed E-state index contributed by atoms with van der Waals surface area (Å²) in [5, 5.41) is 5.06. The molecular weight excluding hydrogens is 1040 g/mol. The Morgan fingerprint density at radius 1 is 0.233 bits per heavy atom. The van der Waals surface area contributed by atoms with Gasteiger partial charge in [0.2, 0.25) is 0 Å². The van der Waals surface area contributed by atoms with Crippen molar-refractivity contribution in [1.82, 2.24) is 9.13 Å². The average molecular weight is 1090 g/mol. The number of para-hydroxylation sites is 8. The molecule has 2 aromatic heterocycles. The van der Waals surface area contributed by atoms with Gasteiger partial charge in [-0.2, -0.15) is 0 Å². The second-order valence-electron chi connectivity index (χ2n) is 23.2. The first-order chi connectivity index (χ1) is 42.7. The van der Waals surface area contributed by atoms with E-state index in [0.29, 0.717) is 0 Å². The number of fused-ring (bicyclic) bond motifs is 14. The molecule has 4 aliphatic heterocycles. The van der Waals surface area contributed by atoms with Gasteiger partial charge in [0.25, 0.3) is 13.4 Å². The van der Waals surface area contributed by atoms with Crippen LogP contribution in [0, 0.1) is 0 Å². The molecule has 398 valence electrons. The molecule has 13 aromatic carbocycles. The highest BCUT2D eigenvalue weighted by molar-refractivity contribution is 7.01. The van der Waals surface area contributed by atoms with Crippen LogP contribution in [0.5, 0.6) is 0 Å². The third-order valence-corrected chi connectivity index (χ3v) is 18.8. The van der Waals surface area contributed by atoms with Crippen LogP contribution >= 0.6 is 0 Å². The smallest absolute Gasteiger partial charge is 0.252 e. The summed E-state index contributed by atoms with van der Waals surface area (Å²) in [5.74, 6) is 0. The van der Waals surface area contributed by atoms with E-state index in [-0.39, 0.29) is 13.4 Å². The van der Waals surface area contributed by atoms with E-state index in [4.69, 9.17) is 0 Å². The molecule has 6 nitrogen and oxygen atoms in total. The summed E-state index contributed by atoms with van der Waals surface area (Å²) in [5.41, 5.74) is 28.9. The van der Waals surface area contributed by atoms with Crippen LogP contribution in [0.4, 0.5) is 68.2 Å². The molecule has 6 heterocycles. The van der Waals surface area contributed by atoms with Crippen molar-refractivity contribution in [1.29, 1.82) is 0 Å². The molecule has 0 saturated carbocycles. The van der Waals surface area contributed by atoms with Gasteiger partial charge in [-0.15, -0.1) is 0 Å². The third kappa shape index (κ3) is 6.58. The predicted octanol–water partition coefficient (Wildman–Crippen LogP) is 16.0. The van der Waals surface area contributed by atoms with Crippen molar-refractivity contribution in [2.24, 2.45) is 0 Å². The third-order valence-electron chi connectivity index (χ3n) is 18.8. The molecule has 0 atom stereocenters. The Kier molecular flexibility index (Phi) is 9.98. The Hall–Kier alpha value is -11.2. The van der Waals surface area contributed by atoms with Gasteiger partial charge < -0.3 is 28.7 Å². The Balaban J connectivity index is 0.837. The molecule has 0 N–H and O–H groups in total. The molecule has 8 heteroatoms. The van der Waals surface area contributed by atoms with E-state index in [9.17, 15) is 0 Å². The van der Waals surface area contributed by atoms with Gasteiger partial charge in [-0.05, 0) is 166 Å². The van der Waals surface area contributed by atoms with Gasteiger partial charge in [0.1, 0.15) is 0 Å². The van der Waals surface area contributed by atoms with E-state index >= 15 is 0 Å². The summed E-state index contributed by atoms with van der Waals surface area (Å²) in [4.78, 5) is 9.78. The van der Waals surface area contributed by atoms with Crippen molar-refractivity contribution in [2.45, 2.75) is 0 Å². The van der Waals surface area contributed by atoms with Crippen LogP contribution in [0.2, 0.25) is 0 Å². The number of rotatable bonds is 8. The van der Waals surface area contributed by atoms with E-state index in [1.165, 1.54) is 111 Å². The summed E-state index contributed by atoms with van der Waals surface area (Å²) in [7, 11) is 0. The van der Waals surface area contributed by atoms with Crippen LogP contribution in [0.1, 0.15) is 0 Å². The van der Waals surface area contributed by atoms with Crippen molar-refractivity contribution < 1.29 is 0 Å². The highest BCUT2D eigenvalue weighted by Gasteiger charge is 2.45. The molecule has 86 heavy (non-hydrogen) atoms. The lowest BCUT2D eigenvalue weighted by atomic mass is 9.34. The molecule has 0 aliphatic carbocycles. The average Bonchev–Trinajstić information content (AvgIpc) is 1.41. The molecule has 4 aliphatic rings. The van der Waals surface area contributed by atoms with E-state index in [2.05, 4.69) is 332 Å². The van der Waals surface area contributed by atoms with Gasteiger partial charge in [0.05, 0.1) is 11.0 Å². The lowest BCUT2D eigenvalue weighted by molar-refractivity contribution is 1.16. The van der Waals surface area contributed by atoms with E-state index < -0.39 is 0 Å². The number of hydrogen-bond donors (Lipinski definition) is 0. The summed E-state index contributed by atoms with van der Waals surface area (Å²) in [6.07, 6.45) is 0. The van der Waals surface area contributed by atoms with Crippen LogP contribution in [-0.2, 0) is 0 Å². The van der Waals surface area contributed by atoms with Crippen LogP contribution < -0.4 is 52.4 Å². The molecule has 0 fully saturated rings. The van der Waals surface area contributed by atoms with Crippen LogP contribution in [0.15, 0.2) is 303 Å². The van der Waals surface area contributed by atoms with Crippen molar-refractivity contribution in [3.05, 3.63) is 303 Å². The Morgan fingerprint density at radius 3 is 0.965 bits per heavy atom. The number of nitrogens with zero attached hydrogens (tertiary/aromatic N) is 6. The monoisotopic (exact) mass is 1090 g/mol. The van der Waals surface area contributed by atoms with Crippen LogP contribution in [0.3, 0.4) is 0 Å². The van der Waals surface area contributed by atoms with Gasteiger partial charge in [0, 0.05) is 112 Å². The summed E-state index contributed by atoms with van der Waals surface area (Å²) in [6.45, 7) is -0.0206. The second-order valence-corrected chi connectivity index (χ2v) is 23.2. The molecular formula is C78H50B2N6. The topological polar surface area (TPSA) is 22.8 Å². The molecule has 0 spiro atoms. The SMILES string of the molecule is c1ccc(N(c2ccccc2)c2ccc3c(c2)N(c2ccccc2)c2cccc4c2B3c2cccc3c5cc6c7cccc8c7n(c6cc5n-4c23)-c2cccc3c2B8c2ccc(N(c4ccccc4)c4ccccc4)cc2N3c2ccccc2)cc1. The molecule has 15 aromatic rings. The minimum atomic E-state index is -0.0103. The Bertz CT molecular complexity index is 4860. The summed E-state index contributed by atoms with van der Waals surface area (Å²) < 4.78 is 5.22. The van der Waals surface area contributed by atoms with Crippen molar-refractivity contribution >= 4 is 158 Å². The largest absolute Gasteiger partial charge is 0.311 e. The van der Waals surface area contributed by atoms with Gasteiger partial charge in [-0.25, -0.2) is 0 Å².